The van der Waals surface area contributed by atoms with Crippen molar-refractivity contribution in [3.63, 3.8) is 0 Å². The molecule has 2 heterocycles. The fraction of sp³-hybridized carbons (Fsp3) is 0.333. The summed E-state index contributed by atoms with van der Waals surface area (Å²) >= 11 is 5.92. The Balaban J connectivity index is 1.70. The Hall–Kier alpha value is -2.32. The zero-order valence-electron chi connectivity index (χ0n) is 12.6. The second-order valence-electron chi connectivity index (χ2n) is 5.36. The Morgan fingerprint density at radius 2 is 2.38 bits per heavy atom. The first-order valence-corrected chi connectivity index (χ1v) is 7.72. The van der Waals surface area contributed by atoms with E-state index in [4.69, 9.17) is 26.8 Å². The summed E-state index contributed by atoms with van der Waals surface area (Å²) in [5.74, 6) is -0.411. The van der Waals surface area contributed by atoms with Crippen LogP contribution in [0.15, 0.2) is 24.3 Å². The lowest BCUT2D eigenvalue weighted by molar-refractivity contribution is -0.00303. The number of benzene rings is 1. The molecule has 4 N–H and O–H groups in total. The van der Waals surface area contributed by atoms with Crippen molar-refractivity contribution in [2.75, 3.05) is 18.9 Å². The normalized spacial score (nSPS) is 20.6. The van der Waals surface area contributed by atoms with Gasteiger partial charge in [-0.05, 0) is 12.1 Å². The minimum absolute atomic E-state index is 0.0503. The van der Waals surface area contributed by atoms with Crippen LogP contribution < -0.4 is 15.8 Å². The zero-order chi connectivity index (χ0) is 17.1. The van der Waals surface area contributed by atoms with E-state index < -0.39 is 11.9 Å². The van der Waals surface area contributed by atoms with Crippen LogP contribution >= 0.6 is 11.6 Å². The molecule has 2 aromatic rings. The molecule has 0 unspecified atom stereocenters. The fourth-order valence-electron chi connectivity index (χ4n) is 2.44. The van der Waals surface area contributed by atoms with Crippen molar-refractivity contribution in [3.05, 3.63) is 40.8 Å². The number of hydrogen-bond acceptors (Lipinski definition) is 5. The van der Waals surface area contributed by atoms with Gasteiger partial charge in [0.2, 0.25) is 0 Å². The Labute approximate surface area is 142 Å². The first-order valence-electron chi connectivity index (χ1n) is 7.35. The molecule has 2 atom stereocenters. The van der Waals surface area contributed by atoms with Crippen molar-refractivity contribution in [2.24, 2.45) is 0 Å². The zero-order valence-corrected chi connectivity index (χ0v) is 13.3. The van der Waals surface area contributed by atoms with Crippen molar-refractivity contribution in [1.82, 2.24) is 15.5 Å². The Bertz CT molecular complexity index is 739. The summed E-state index contributed by atoms with van der Waals surface area (Å²) in [5.41, 5.74) is 5.59. The van der Waals surface area contributed by atoms with Gasteiger partial charge in [0.1, 0.15) is 28.4 Å². The lowest BCUT2D eigenvalue weighted by Crippen LogP contribution is -2.52. The van der Waals surface area contributed by atoms with Crippen LogP contribution in [0.3, 0.4) is 0 Å². The summed E-state index contributed by atoms with van der Waals surface area (Å²) in [6.45, 7) is 0.761. The summed E-state index contributed by atoms with van der Waals surface area (Å²) in [4.78, 5) is 12.3. The molecule has 1 saturated heterocycles. The average molecular weight is 355 g/mol. The molecular weight excluding hydrogens is 339 g/mol. The summed E-state index contributed by atoms with van der Waals surface area (Å²) in [5, 5.41) is 9.01. The van der Waals surface area contributed by atoms with Crippen LogP contribution in [-0.2, 0) is 4.74 Å². The molecule has 0 bridgehead atoms. The predicted octanol–water partition coefficient (Wildman–Crippen LogP) is 1.75. The van der Waals surface area contributed by atoms with Crippen molar-refractivity contribution >= 4 is 23.3 Å². The smallest absolute Gasteiger partial charge is 0.271 e. The Kier molecular flexibility index (Phi) is 4.86. The van der Waals surface area contributed by atoms with E-state index in [1.54, 1.807) is 12.1 Å². The van der Waals surface area contributed by atoms with Crippen LogP contribution in [0.2, 0.25) is 5.02 Å². The number of aromatic nitrogens is 2. The first-order chi connectivity index (χ1) is 11.5. The predicted molar refractivity (Wildman–Crippen MR) is 85.5 cm³/mol. The Morgan fingerprint density at radius 1 is 1.54 bits per heavy atom. The molecule has 0 saturated carbocycles. The third-order valence-corrected chi connectivity index (χ3v) is 4.04. The Morgan fingerprint density at radius 3 is 3.08 bits per heavy atom. The van der Waals surface area contributed by atoms with Gasteiger partial charge in [-0.1, -0.05) is 17.7 Å². The van der Waals surface area contributed by atoms with Gasteiger partial charge >= 0.3 is 0 Å². The van der Waals surface area contributed by atoms with Crippen LogP contribution in [0.4, 0.5) is 10.2 Å². The van der Waals surface area contributed by atoms with Crippen LogP contribution in [0.25, 0.3) is 0 Å². The van der Waals surface area contributed by atoms with Gasteiger partial charge in [0.05, 0.1) is 19.3 Å². The summed E-state index contributed by atoms with van der Waals surface area (Å²) in [7, 11) is 0. The van der Waals surface area contributed by atoms with E-state index >= 15 is 0 Å². The molecule has 24 heavy (non-hydrogen) atoms. The van der Waals surface area contributed by atoms with E-state index in [1.165, 1.54) is 12.1 Å². The third kappa shape index (κ3) is 3.60. The second kappa shape index (κ2) is 7.06. The maximum absolute atomic E-state index is 13.3. The van der Waals surface area contributed by atoms with Crippen LogP contribution in [0.5, 0.6) is 5.75 Å². The molecule has 9 heteroatoms. The maximum atomic E-state index is 13.3. The molecular formula is C15H16ClFN4O3. The standard InChI is InChI=1S/C15H16ClFN4O3/c16-12-13(20-21-14(12)18)15(22)19-10-7-23-5-4-11(10)24-9-3-1-2-8(17)6-9/h1-3,6,10-11H,4-5,7H2,(H,19,22)(H3,18,20,21)/t10-,11+/m1/s1. The largest absolute Gasteiger partial charge is 0.488 e. The number of halogens is 2. The molecule has 128 valence electrons. The minimum atomic E-state index is -0.465. The highest BCUT2D eigenvalue weighted by Crippen LogP contribution is 2.22. The number of rotatable bonds is 4. The highest BCUT2D eigenvalue weighted by atomic mass is 35.5. The topological polar surface area (TPSA) is 102 Å². The summed E-state index contributed by atoms with van der Waals surface area (Å²) in [6, 6.07) is 5.42. The molecule has 3 rings (SSSR count). The van der Waals surface area contributed by atoms with Crippen LogP contribution in [-0.4, -0.2) is 41.5 Å². The molecule has 0 spiro atoms. The van der Waals surface area contributed by atoms with Gasteiger partial charge in [-0.15, -0.1) is 0 Å². The number of amides is 1. The number of hydrogen-bond donors (Lipinski definition) is 3. The minimum Gasteiger partial charge on any atom is -0.488 e. The first kappa shape index (κ1) is 16.5. The molecule has 0 radical (unpaired) electrons. The summed E-state index contributed by atoms with van der Waals surface area (Å²) < 4.78 is 24.5. The van der Waals surface area contributed by atoms with Crippen LogP contribution in [0, 0.1) is 5.82 Å². The van der Waals surface area contributed by atoms with Gasteiger partial charge in [-0.2, -0.15) is 5.10 Å². The highest BCUT2D eigenvalue weighted by Gasteiger charge is 2.30. The van der Waals surface area contributed by atoms with Gasteiger partial charge in [-0.3, -0.25) is 9.89 Å². The lowest BCUT2D eigenvalue weighted by atomic mass is 10.1. The molecule has 1 aromatic carbocycles. The molecule has 0 aliphatic carbocycles. The van der Waals surface area contributed by atoms with Crippen LogP contribution in [0.1, 0.15) is 16.9 Å². The summed E-state index contributed by atoms with van der Waals surface area (Å²) in [6.07, 6.45) is 0.198. The number of nitrogens with one attached hydrogen (secondary N) is 2. The molecule has 1 fully saturated rings. The highest BCUT2D eigenvalue weighted by molar-refractivity contribution is 6.35. The number of nitrogens with zero attached hydrogens (tertiary/aromatic N) is 1. The number of nitrogen functional groups attached to an aromatic ring is 1. The van der Waals surface area contributed by atoms with E-state index in [0.717, 1.165) is 0 Å². The van der Waals surface area contributed by atoms with Crippen molar-refractivity contribution < 1.29 is 18.7 Å². The van der Waals surface area contributed by atoms with Gasteiger partial charge in [0, 0.05) is 12.5 Å². The van der Waals surface area contributed by atoms with Gasteiger partial charge in [-0.25, -0.2) is 4.39 Å². The quantitative estimate of drug-likeness (QED) is 0.776. The molecule has 1 aliphatic rings. The third-order valence-electron chi connectivity index (χ3n) is 3.65. The lowest BCUT2D eigenvalue weighted by Gasteiger charge is -2.32. The number of carbonyl (C=O) groups is 1. The van der Waals surface area contributed by atoms with Gasteiger partial charge in [0.15, 0.2) is 5.82 Å². The monoisotopic (exact) mass is 354 g/mol. The maximum Gasteiger partial charge on any atom is 0.271 e. The van der Waals surface area contributed by atoms with Crippen molar-refractivity contribution in [1.29, 1.82) is 0 Å². The van der Waals surface area contributed by atoms with E-state index in [-0.39, 0.29) is 35.1 Å². The molecule has 7 nitrogen and oxygen atoms in total. The van der Waals surface area contributed by atoms with E-state index in [0.29, 0.717) is 18.8 Å². The second-order valence-corrected chi connectivity index (χ2v) is 5.73. The van der Waals surface area contributed by atoms with Gasteiger partial charge < -0.3 is 20.5 Å². The average Bonchev–Trinajstić information content (AvgIpc) is 2.89. The van der Waals surface area contributed by atoms with E-state index in [1.807, 2.05) is 0 Å². The van der Waals surface area contributed by atoms with E-state index in [2.05, 4.69) is 15.5 Å². The number of ether oxygens (including phenoxy) is 2. The number of H-pyrrole nitrogens is 1. The number of carbonyl (C=O) groups excluding carboxylic acids is 1. The van der Waals surface area contributed by atoms with Crippen molar-refractivity contribution in [2.45, 2.75) is 18.6 Å². The van der Waals surface area contributed by atoms with Gasteiger partial charge in [0.25, 0.3) is 5.91 Å². The molecule has 1 aromatic heterocycles. The molecule has 1 aliphatic heterocycles. The fourth-order valence-corrected chi connectivity index (χ4v) is 2.61. The van der Waals surface area contributed by atoms with Crippen molar-refractivity contribution in [3.8, 4) is 5.75 Å². The number of aromatic amines is 1. The SMILES string of the molecule is Nc1n[nH]c(C(=O)N[C@@H]2COCC[C@@H]2Oc2cccc(F)c2)c1Cl. The van der Waals surface area contributed by atoms with E-state index in [9.17, 15) is 9.18 Å². The molecule has 1 amide bonds. The number of anilines is 1. The number of nitrogens with two attached hydrogens (primary N) is 1.